The van der Waals surface area contributed by atoms with Crippen LogP contribution in [0.5, 0.6) is 0 Å². The van der Waals surface area contributed by atoms with E-state index < -0.39 is 0 Å². The number of urea groups is 1. The van der Waals surface area contributed by atoms with Gasteiger partial charge in [-0.1, -0.05) is 0 Å². The number of carbonyl (C=O) groups excluding carboxylic acids is 2. The van der Waals surface area contributed by atoms with Gasteiger partial charge >= 0.3 is 6.03 Å². The maximum absolute atomic E-state index is 12.7. The monoisotopic (exact) mass is 602 g/mol. The number of aromatic nitrogens is 3. The van der Waals surface area contributed by atoms with Gasteiger partial charge in [0.05, 0.1) is 19.3 Å². The zero-order chi connectivity index (χ0) is 31.1. The summed E-state index contributed by atoms with van der Waals surface area (Å²) in [6.07, 6.45) is 1.76. The van der Waals surface area contributed by atoms with Crippen LogP contribution in [0.4, 0.5) is 22.1 Å². The van der Waals surface area contributed by atoms with Crippen LogP contribution in [0.2, 0.25) is 0 Å². The topological polar surface area (TPSA) is 125 Å². The molecule has 3 amide bonds. The lowest BCUT2D eigenvalue weighted by Gasteiger charge is -2.34. The molecular formula is C32H42N8O4. The van der Waals surface area contributed by atoms with Crippen LogP contribution in [0.3, 0.4) is 0 Å². The van der Waals surface area contributed by atoms with Crippen molar-refractivity contribution >= 4 is 29.3 Å². The Morgan fingerprint density at radius 1 is 0.864 bits per heavy atom. The minimum Gasteiger partial charge on any atom is -0.381 e. The average molecular weight is 603 g/mol. The van der Waals surface area contributed by atoms with Gasteiger partial charge in [0, 0.05) is 68.3 Å². The largest absolute Gasteiger partial charge is 0.381 e. The highest BCUT2D eigenvalue weighted by atomic mass is 16.5. The molecule has 2 saturated heterocycles. The maximum atomic E-state index is 12.7. The lowest BCUT2D eigenvalue weighted by atomic mass is 9.99. The van der Waals surface area contributed by atoms with Gasteiger partial charge in [-0.3, -0.25) is 4.79 Å². The molecule has 5 rings (SSSR count). The van der Waals surface area contributed by atoms with E-state index in [-0.39, 0.29) is 23.9 Å². The SMILES string of the molecule is CC1COCCN1c1nc(-c2ccc(NC(=O)Nc3ccc(C(=O)N(C)CCN(C)C)cc3)cc2)nc(C2CCOCC2)n1. The Hall–Kier alpha value is -4.13. The van der Waals surface area contributed by atoms with Gasteiger partial charge in [-0.2, -0.15) is 9.97 Å². The number of hydrogen-bond donors (Lipinski definition) is 2. The fourth-order valence-corrected chi connectivity index (χ4v) is 5.16. The van der Waals surface area contributed by atoms with Crippen molar-refractivity contribution in [3.8, 4) is 11.4 Å². The predicted octanol–water partition coefficient (Wildman–Crippen LogP) is 3.94. The molecule has 1 aromatic heterocycles. The first kappa shape index (κ1) is 31.3. The Morgan fingerprint density at radius 2 is 1.52 bits per heavy atom. The summed E-state index contributed by atoms with van der Waals surface area (Å²) < 4.78 is 11.2. The number of rotatable bonds is 9. The lowest BCUT2D eigenvalue weighted by Crippen LogP contribution is -2.44. The molecule has 3 aromatic rings. The van der Waals surface area contributed by atoms with Crippen molar-refractivity contribution in [2.75, 3.05) is 82.7 Å². The second-order valence-electron chi connectivity index (χ2n) is 11.6. The smallest absolute Gasteiger partial charge is 0.323 e. The predicted molar refractivity (Wildman–Crippen MR) is 170 cm³/mol. The fourth-order valence-electron chi connectivity index (χ4n) is 5.16. The van der Waals surface area contributed by atoms with Crippen LogP contribution >= 0.6 is 0 Å². The second kappa shape index (κ2) is 14.6. The van der Waals surface area contributed by atoms with Crippen LogP contribution in [-0.4, -0.2) is 110 Å². The van der Waals surface area contributed by atoms with Crippen LogP contribution in [0.25, 0.3) is 11.4 Å². The molecule has 12 nitrogen and oxygen atoms in total. The molecule has 12 heteroatoms. The molecule has 0 radical (unpaired) electrons. The summed E-state index contributed by atoms with van der Waals surface area (Å²) in [6.45, 7) is 6.92. The minimum atomic E-state index is -0.384. The third-order valence-corrected chi connectivity index (χ3v) is 7.87. The molecule has 0 spiro atoms. The number of carbonyl (C=O) groups is 2. The summed E-state index contributed by atoms with van der Waals surface area (Å²) in [6, 6.07) is 14.1. The van der Waals surface area contributed by atoms with E-state index in [1.807, 2.05) is 43.3 Å². The molecule has 2 fully saturated rings. The van der Waals surface area contributed by atoms with E-state index in [1.165, 1.54) is 0 Å². The van der Waals surface area contributed by atoms with E-state index in [0.29, 0.717) is 61.7 Å². The Kier molecular flexibility index (Phi) is 10.4. The van der Waals surface area contributed by atoms with Crippen molar-refractivity contribution in [1.82, 2.24) is 24.8 Å². The standard InChI is InChI=1S/C32H42N8O4/c1-22-21-44-20-17-40(22)31-36-28(35-29(37-31)24-13-18-43-19-14-24)23-5-9-26(10-6-23)33-32(42)34-27-11-7-25(8-12-27)30(41)39(4)16-15-38(2)3/h5-12,22,24H,13-21H2,1-4H3,(H2,33,34,42). The van der Waals surface area contributed by atoms with E-state index >= 15 is 0 Å². The van der Waals surface area contributed by atoms with Crippen molar-refractivity contribution in [3.05, 3.63) is 59.9 Å². The molecule has 3 heterocycles. The summed E-state index contributed by atoms with van der Waals surface area (Å²) in [5.74, 6) is 2.23. The highest BCUT2D eigenvalue weighted by molar-refractivity contribution is 6.00. The molecule has 2 N–H and O–H groups in total. The van der Waals surface area contributed by atoms with Crippen LogP contribution in [0, 0.1) is 0 Å². The Morgan fingerprint density at radius 3 is 2.16 bits per heavy atom. The number of nitrogens with one attached hydrogen (secondary N) is 2. The zero-order valence-electron chi connectivity index (χ0n) is 26.0. The van der Waals surface area contributed by atoms with Crippen molar-refractivity contribution in [2.45, 2.75) is 31.7 Å². The van der Waals surface area contributed by atoms with Gasteiger partial charge in [-0.15, -0.1) is 0 Å². The first-order chi connectivity index (χ1) is 21.3. The van der Waals surface area contributed by atoms with Crippen LogP contribution in [0.1, 0.15) is 41.9 Å². The van der Waals surface area contributed by atoms with Crippen LogP contribution in [0.15, 0.2) is 48.5 Å². The summed E-state index contributed by atoms with van der Waals surface area (Å²) in [5, 5.41) is 5.69. The van der Waals surface area contributed by atoms with Gasteiger partial charge in [0.2, 0.25) is 5.95 Å². The lowest BCUT2D eigenvalue weighted by molar-refractivity contribution is 0.0786. The van der Waals surface area contributed by atoms with Gasteiger partial charge in [-0.25, -0.2) is 9.78 Å². The zero-order valence-corrected chi connectivity index (χ0v) is 26.0. The van der Waals surface area contributed by atoms with Crippen molar-refractivity contribution < 1.29 is 19.1 Å². The number of amides is 3. The molecule has 44 heavy (non-hydrogen) atoms. The van der Waals surface area contributed by atoms with Crippen LogP contribution < -0.4 is 15.5 Å². The number of anilines is 3. The quantitative estimate of drug-likeness (QED) is 0.375. The molecule has 2 aromatic carbocycles. The summed E-state index contributed by atoms with van der Waals surface area (Å²) >= 11 is 0. The number of hydrogen-bond acceptors (Lipinski definition) is 9. The third-order valence-electron chi connectivity index (χ3n) is 7.87. The molecular weight excluding hydrogens is 560 g/mol. The number of ether oxygens (including phenoxy) is 2. The Bertz CT molecular complexity index is 1410. The first-order valence-corrected chi connectivity index (χ1v) is 15.1. The van der Waals surface area contributed by atoms with E-state index in [4.69, 9.17) is 24.4 Å². The molecule has 1 atom stereocenters. The Labute approximate surface area is 258 Å². The minimum absolute atomic E-state index is 0.0624. The highest BCUT2D eigenvalue weighted by Gasteiger charge is 2.26. The number of morpholine rings is 1. The molecule has 2 aliphatic rings. The molecule has 1 unspecified atom stereocenters. The van der Waals surface area contributed by atoms with Gasteiger partial charge < -0.3 is 34.8 Å². The summed E-state index contributed by atoms with van der Waals surface area (Å²) in [5.41, 5.74) is 2.62. The molecule has 234 valence electrons. The average Bonchev–Trinajstić information content (AvgIpc) is 3.04. The molecule has 0 aliphatic carbocycles. The molecule has 2 aliphatic heterocycles. The van der Waals surface area contributed by atoms with Gasteiger partial charge in [0.15, 0.2) is 5.82 Å². The van der Waals surface area contributed by atoms with E-state index in [0.717, 1.165) is 37.3 Å². The van der Waals surface area contributed by atoms with Crippen molar-refractivity contribution in [2.24, 2.45) is 0 Å². The number of benzene rings is 2. The van der Waals surface area contributed by atoms with E-state index in [1.54, 1.807) is 36.2 Å². The molecule has 0 bridgehead atoms. The second-order valence-corrected chi connectivity index (χ2v) is 11.6. The fraction of sp³-hybridized carbons (Fsp3) is 0.469. The molecule has 0 saturated carbocycles. The summed E-state index contributed by atoms with van der Waals surface area (Å²) in [7, 11) is 5.73. The van der Waals surface area contributed by atoms with Gasteiger partial charge in [-0.05, 0) is 82.4 Å². The van der Waals surface area contributed by atoms with E-state index in [9.17, 15) is 9.59 Å². The normalized spacial score (nSPS) is 17.4. The van der Waals surface area contributed by atoms with E-state index in [2.05, 4.69) is 22.5 Å². The van der Waals surface area contributed by atoms with Crippen molar-refractivity contribution in [3.63, 3.8) is 0 Å². The number of nitrogens with zero attached hydrogens (tertiary/aromatic N) is 6. The highest BCUT2D eigenvalue weighted by Crippen LogP contribution is 2.29. The Balaban J connectivity index is 1.24. The van der Waals surface area contributed by atoms with Gasteiger partial charge in [0.1, 0.15) is 5.82 Å². The van der Waals surface area contributed by atoms with Crippen molar-refractivity contribution in [1.29, 1.82) is 0 Å². The summed E-state index contributed by atoms with van der Waals surface area (Å²) in [4.78, 5) is 45.9. The number of likely N-dealkylation sites (N-methyl/N-ethyl adjacent to an activating group) is 2. The maximum Gasteiger partial charge on any atom is 0.323 e. The van der Waals surface area contributed by atoms with Crippen LogP contribution in [-0.2, 0) is 9.47 Å². The first-order valence-electron chi connectivity index (χ1n) is 15.1. The third kappa shape index (κ3) is 8.07. The van der Waals surface area contributed by atoms with Gasteiger partial charge in [0.25, 0.3) is 5.91 Å².